The zero-order valence-electron chi connectivity index (χ0n) is 17.8. The third-order valence-corrected chi connectivity index (χ3v) is 8.60. The topological polar surface area (TPSA) is 73.8 Å². The van der Waals surface area contributed by atoms with Crippen molar-refractivity contribution in [3.05, 3.63) is 0 Å². The molecule has 0 aromatic heterocycles. The van der Waals surface area contributed by atoms with Crippen molar-refractivity contribution < 1.29 is 8.42 Å². The molecule has 158 valence electrons. The maximum absolute atomic E-state index is 12.2. The number of likely N-dealkylation sites (tertiary alicyclic amines) is 1. The fourth-order valence-corrected chi connectivity index (χ4v) is 4.98. The van der Waals surface area contributed by atoms with Gasteiger partial charge in [-0.1, -0.05) is 19.3 Å². The summed E-state index contributed by atoms with van der Waals surface area (Å²) in [5, 5.41) is 6.64. The van der Waals surface area contributed by atoms with Gasteiger partial charge in [-0.05, 0) is 52.4 Å². The monoisotopic (exact) mass is 400 g/mol. The van der Waals surface area contributed by atoms with Crippen LogP contribution in [0.25, 0.3) is 0 Å². The van der Waals surface area contributed by atoms with Crippen molar-refractivity contribution in [1.29, 1.82) is 0 Å². The van der Waals surface area contributed by atoms with Crippen molar-refractivity contribution in [3.63, 3.8) is 0 Å². The summed E-state index contributed by atoms with van der Waals surface area (Å²) < 4.78 is 23.7. The molecule has 2 rings (SSSR count). The summed E-state index contributed by atoms with van der Waals surface area (Å²) in [6.07, 6.45) is 9.30. The van der Waals surface area contributed by atoms with Gasteiger partial charge in [0.05, 0.1) is 10.5 Å². The van der Waals surface area contributed by atoms with E-state index in [9.17, 15) is 8.42 Å². The third-order valence-electron chi connectivity index (χ3n) is 5.99. The minimum atomic E-state index is -3.11. The molecule has 7 heteroatoms. The van der Waals surface area contributed by atoms with Crippen LogP contribution < -0.4 is 10.6 Å². The Bertz CT molecular complexity index is 569. The molecule has 2 fully saturated rings. The van der Waals surface area contributed by atoms with Crippen LogP contribution in [0.5, 0.6) is 0 Å². The fraction of sp³-hybridized carbons (Fsp3) is 0.950. The average Bonchev–Trinajstić information content (AvgIpc) is 2.62. The van der Waals surface area contributed by atoms with Crippen molar-refractivity contribution in [1.82, 2.24) is 15.5 Å². The Morgan fingerprint density at radius 1 is 1.07 bits per heavy atom. The first-order valence-corrected chi connectivity index (χ1v) is 12.3. The van der Waals surface area contributed by atoms with Crippen LogP contribution in [-0.2, 0) is 9.84 Å². The van der Waals surface area contributed by atoms with Gasteiger partial charge in [0.2, 0.25) is 0 Å². The van der Waals surface area contributed by atoms with Crippen LogP contribution in [0.1, 0.15) is 65.7 Å². The van der Waals surface area contributed by atoms with Crippen molar-refractivity contribution in [2.45, 2.75) is 76.5 Å². The number of aliphatic imine (C=N–C) groups is 1. The van der Waals surface area contributed by atoms with Gasteiger partial charge in [-0.15, -0.1) is 0 Å². The van der Waals surface area contributed by atoms with Crippen LogP contribution in [0.2, 0.25) is 0 Å². The fourth-order valence-electron chi connectivity index (χ4n) is 3.99. The first kappa shape index (κ1) is 22.5. The van der Waals surface area contributed by atoms with E-state index in [4.69, 9.17) is 0 Å². The molecule has 1 saturated heterocycles. The zero-order chi connectivity index (χ0) is 19.9. The van der Waals surface area contributed by atoms with Gasteiger partial charge in [0, 0.05) is 39.3 Å². The van der Waals surface area contributed by atoms with Gasteiger partial charge < -0.3 is 15.5 Å². The summed E-state index contributed by atoms with van der Waals surface area (Å²) in [7, 11) is -1.37. The number of hydrogen-bond donors (Lipinski definition) is 2. The molecule has 0 unspecified atom stereocenters. The molecule has 1 saturated carbocycles. The van der Waals surface area contributed by atoms with Gasteiger partial charge in [0.1, 0.15) is 0 Å². The van der Waals surface area contributed by atoms with E-state index in [1.165, 1.54) is 38.6 Å². The Kier molecular flexibility index (Phi) is 8.40. The average molecular weight is 401 g/mol. The van der Waals surface area contributed by atoms with E-state index in [1.54, 1.807) is 27.8 Å². The van der Waals surface area contributed by atoms with Gasteiger partial charge in [0.25, 0.3) is 0 Å². The van der Waals surface area contributed by atoms with E-state index in [0.29, 0.717) is 18.5 Å². The lowest BCUT2D eigenvalue weighted by Gasteiger charge is -2.36. The predicted molar refractivity (Wildman–Crippen MR) is 114 cm³/mol. The molecule has 2 N–H and O–H groups in total. The largest absolute Gasteiger partial charge is 0.355 e. The molecule has 0 bridgehead atoms. The van der Waals surface area contributed by atoms with E-state index in [-0.39, 0.29) is 5.75 Å². The van der Waals surface area contributed by atoms with E-state index in [2.05, 4.69) is 20.5 Å². The number of guanidine groups is 1. The maximum Gasteiger partial charge on any atom is 0.191 e. The van der Waals surface area contributed by atoms with Crippen molar-refractivity contribution in [2.75, 3.05) is 39.0 Å². The molecular weight excluding hydrogens is 360 g/mol. The second kappa shape index (κ2) is 10.1. The van der Waals surface area contributed by atoms with E-state index >= 15 is 0 Å². The molecule has 1 heterocycles. The molecule has 0 amide bonds. The van der Waals surface area contributed by atoms with Crippen molar-refractivity contribution >= 4 is 15.8 Å². The van der Waals surface area contributed by atoms with Gasteiger partial charge in [-0.25, -0.2) is 8.42 Å². The smallest absolute Gasteiger partial charge is 0.191 e. The standard InChI is InChI=1S/C20H40N4O2S/c1-20(2,3)27(25,26)15-12-22-19(21-4)23-18-10-13-24(14-11-18)16-17-8-6-5-7-9-17/h17-18H,5-16H2,1-4H3,(H2,21,22,23). The number of hydrogen-bond acceptors (Lipinski definition) is 4. The lowest BCUT2D eigenvalue weighted by molar-refractivity contribution is 0.160. The molecule has 27 heavy (non-hydrogen) atoms. The quantitative estimate of drug-likeness (QED) is 0.529. The van der Waals surface area contributed by atoms with Gasteiger partial charge in [-0.3, -0.25) is 4.99 Å². The Hall–Kier alpha value is -0.820. The summed E-state index contributed by atoms with van der Waals surface area (Å²) in [5.41, 5.74) is 0. The summed E-state index contributed by atoms with van der Waals surface area (Å²) in [5.74, 6) is 1.74. The molecule has 2 aliphatic rings. The molecule has 0 atom stereocenters. The number of nitrogens with one attached hydrogen (secondary N) is 2. The highest BCUT2D eigenvalue weighted by atomic mass is 32.2. The van der Waals surface area contributed by atoms with Crippen LogP contribution in [0.4, 0.5) is 0 Å². The maximum atomic E-state index is 12.2. The minimum Gasteiger partial charge on any atom is -0.355 e. The number of nitrogens with zero attached hydrogens (tertiary/aromatic N) is 2. The first-order chi connectivity index (χ1) is 12.7. The second-order valence-corrected chi connectivity index (χ2v) is 12.0. The Labute approximate surface area is 166 Å². The van der Waals surface area contributed by atoms with Crippen LogP contribution >= 0.6 is 0 Å². The molecule has 1 aliphatic carbocycles. The Balaban J connectivity index is 1.68. The number of rotatable bonds is 6. The highest BCUT2D eigenvalue weighted by Crippen LogP contribution is 2.25. The highest BCUT2D eigenvalue weighted by Gasteiger charge is 2.28. The lowest BCUT2D eigenvalue weighted by atomic mass is 9.88. The summed E-state index contributed by atoms with van der Waals surface area (Å²) in [4.78, 5) is 6.89. The van der Waals surface area contributed by atoms with Gasteiger partial charge in [-0.2, -0.15) is 0 Å². The summed E-state index contributed by atoms with van der Waals surface area (Å²) >= 11 is 0. The summed E-state index contributed by atoms with van der Waals surface area (Å²) in [6, 6.07) is 0.415. The molecule has 6 nitrogen and oxygen atoms in total. The molecule has 0 radical (unpaired) electrons. The first-order valence-electron chi connectivity index (χ1n) is 10.6. The molecule has 0 aromatic rings. The summed E-state index contributed by atoms with van der Waals surface area (Å²) in [6.45, 7) is 9.18. The third kappa shape index (κ3) is 7.26. The van der Waals surface area contributed by atoms with E-state index < -0.39 is 14.6 Å². The predicted octanol–water partition coefficient (Wildman–Crippen LogP) is 2.41. The van der Waals surface area contributed by atoms with Crippen LogP contribution in [0.3, 0.4) is 0 Å². The lowest BCUT2D eigenvalue weighted by Crippen LogP contribution is -2.50. The van der Waals surface area contributed by atoms with Gasteiger partial charge >= 0.3 is 0 Å². The molecule has 1 aliphatic heterocycles. The van der Waals surface area contributed by atoms with Crippen LogP contribution in [0, 0.1) is 5.92 Å². The van der Waals surface area contributed by atoms with Crippen LogP contribution in [-0.4, -0.2) is 69.0 Å². The second-order valence-electron chi connectivity index (χ2n) is 9.15. The molecular formula is C20H40N4O2S. The molecule has 0 spiro atoms. The van der Waals surface area contributed by atoms with Crippen LogP contribution in [0.15, 0.2) is 4.99 Å². The Morgan fingerprint density at radius 3 is 2.26 bits per heavy atom. The molecule has 0 aromatic carbocycles. The SMILES string of the molecule is CN=C(NCCS(=O)(=O)C(C)(C)C)NC1CCN(CC2CCCCC2)CC1. The number of piperidine rings is 1. The van der Waals surface area contributed by atoms with Crippen molar-refractivity contribution in [3.8, 4) is 0 Å². The van der Waals surface area contributed by atoms with Crippen molar-refractivity contribution in [2.24, 2.45) is 10.9 Å². The highest BCUT2D eigenvalue weighted by molar-refractivity contribution is 7.92. The van der Waals surface area contributed by atoms with Gasteiger partial charge in [0.15, 0.2) is 15.8 Å². The minimum absolute atomic E-state index is 0.122. The normalized spacial score (nSPS) is 22.0. The van der Waals surface area contributed by atoms with E-state index in [1.807, 2.05) is 0 Å². The number of sulfone groups is 1. The Morgan fingerprint density at radius 2 is 1.70 bits per heavy atom. The van der Waals surface area contributed by atoms with E-state index in [0.717, 1.165) is 31.8 Å². The zero-order valence-corrected chi connectivity index (χ0v) is 18.6.